The first-order chi connectivity index (χ1) is 11.6. The maximum atomic E-state index is 12.2. The quantitative estimate of drug-likeness (QED) is 0.646. The fraction of sp³-hybridized carbons (Fsp3) is 0.278. The summed E-state index contributed by atoms with van der Waals surface area (Å²) in [5.41, 5.74) is 1.69. The number of thiophene rings is 1. The Labute approximate surface area is 143 Å². The lowest BCUT2D eigenvalue weighted by atomic mass is 10.2. The van der Waals surface area contributed by atoms with E-state index in [-0.39, 0.29) is 18.1 Å². The van der Waals surface area contributed by atoms with Gasteiger partial charge in [0.05, 0.1) is 5.69 Å². The Morgan fingerprint density at radius 1 is 1.29 bits per heavy atom. The molecule has 24 heavy (non-hydrogen) atoms. The van der Waals surface area contributed by atoms with Gasteiger partial charge in [-0.25, -0.2) is 4.98 Å². The van der Waals surface area contributed by atoms with Gasteiger partial charge in [0.2, 0.25) is 0 Å². The van der Waals surface area contributed by atoms with Gasteiger partial charge in [0.25, 0.3) is 5.56 Å². The van der Waals surface area contributed by atoms with Gasteiger partial charge in [-0.15, -0.1) is 11.3 Å². The normalized spacial score (nSPS) is 10.9. The molecule has 0 aliphatic heterocycles. The van der Waals surface area contributed by atoms with E-state index >= 15 is 0 Å². The van der Waals surface area contributed by atoms with Crippen LogP contribution in [0.4, 0.5) is 0 Å². The highest BCUT2D eigenvalue weighted by molar-refractivity contribution is 7.09. The maximum Gasteiger partial charge on any atom is 0.306 e. The number of fused-ring (bicyclic) bond motifs is 1. The second-order valence-corrected chi connectivity index (χ2v) is 6.57. The van der Waals surface area contributed by atoms with E-state index in [0.29, 0.717) is 17.8 Å². The molecule has 6 heteroatoms. The van der Waals surface area contributed by atoms with Gasteiger partial charge in [-0.3, -0.25) is 14.0 Å². The molecule has 3 aromatic heterocycles. The topological polar surface area (TPSA) is 60.7 Å². The highest BCUT2D eigenvalue weighted by atomic mass is 32.1. The number of ether oxygens (including phenoxy) is 1. The number of nitrogens with zero attached hydrogens (tertiary/aromatic N) is 2. The second-order valence-electron chi connectivity index (χ2n) is 5.54. The number of aryl methyl sites for hydroxylation is 2. The molecule has 0 aliphatic rings. The van der Waals surface area contributed by atoms with Crippen LogP contribution in [0.2, 0.25) is 0 Å². The molecule has 0 aromatic carbocycles. The van der Waals surface area contributed by atoms with Crippen LogP contribution in [0.15, 0.2) is 46.6 Å². The van der Waals surface area contributed by atoms with Crippen molar-refractivity contribution < 1.29 is 9.53 Å². The number of rotatable bonds is 6. The lowest BCUT2D eigenvalue weighted by Gasteiger charge is -2.07. The zero-order chi connectivity index (χ0) is 16.9. The molecule has 3 aromatic rings. The van der Waals surface area contributed by atoms with Crippen LogP contribution in [0.25, 0.3) is 5.65 Å². The summed E-state index contributed by atoms with van der Waals surface area (Å²) in [6.45, 7) is 1.88. The van der Waals surface area contributed by atoms with Crippen molar-refractivity contribution in [2.45, 2.75) is 32.8 Å². The molecule has 124 valence electrons. The van der Waals surface area contributed by atoms with Gasteiger partial charge >= 0.3 is 5.97 Å². The minimum Gasteiger partial charge on any atom is -0.459 e. The van der Waals surface area contributed by atoms with Crippen LogP contribution < -0.4 is 5.56 Å². The largest absolute Gasteiger partial charge is 0.459 e. The van der Waals surface area contributed by atoms with E-state index in [1.807, 2.05) is 30.5 Å². The molecule has 0 aliphatic carbocycles. The highest BCUT2D eigenvalue weighted by Gasteiger charge is 2.08. The molecule has 0 bridgehead atoms. The van der Waals surface area contributed by atoms with Crippen LogP contribution in [-0.2, 0) is 22.6 Å². The van der Waals surface area contributed by atoms with E-state index in [4.69, 9.17) is 4.74 Å². The number of pyridine rings is 1. The van der Waals surface area contributed by atoms with Crippen molar-refractivity contribution in [3.05, 3.63) is 68.4 Å². The average Bonchev–Trinajstić information content (AvgIpc) is 3.06. The summed E-state index contributed by atoms with van der Waals surface area (Å²) in [6.07, 6.45) is 2.00. The van der Waals surface area contributed by atoms with E-state index in [9.17, 15) is 9.59 Å². The molecule has 0 saturated heterocycles. The van der Waals surface area contributed by atoms with Gasteiger partial charge in [-0.2, -0.15) is 0 Å². The molecular weight excluding hydrogens is 324 g/mol. The van der Waals surface area contributed by atoms with Crippen molar-refractivity contribution in [3.63, 3.8) is 0 Å². The lowest BCUT2D eigenvalue weighted by Crippen LogP contribution is -2.18. The summed E-state index contributed by atoms with van der Waals surface area (Å²) in [5.74, 6) is -0.266. The third-order valence-electron chi connectivity index (χ3n) is 3.70. The smallest absolute Gasteiger partial charge is 0.306 e. The first-order valence-corrected chi connectivity index (χ1v) is 8.68. The average molecular weight is 342 g/mol. The van der Waals surface area contributed by atoms with E-state index in [0.717, 1.165) is 18.5 Å². The van der Waals surface area contributed by atoms with Crippen molar-refractivity contribution in [3.8, 4) is 0 Å². The first-order valence-electron chi connectivity index (χ1n) is 7.80. The van der Waals surface area contributed by atoms with Gasteiger partial charge in [-0.1, -0.05) is 12.1 Å². The minimum absolute atomic E-state index is 0.0253. The molecule has 0 unspecified atom stereocenters. The number of esters is 1. The Kier molecular flexibility index (Phi) is 5.05. The summed E-state index contributed by atoms with van der Waals surface area (Å²) in [5, 5.41) is 2.03. The number of aromatic nitrogens is 2. The second kappa shape index (κ2) is 7.40. The lowest BCUT2D eigenvalue weighted by molar-refractivity contribution is -0.145. The van der Waals surface area contributed by atoms with Gasteiger partial charge in [0.15, 0.2) is 0 Å². The van der Waals surface area contributed by atoms with Crippen LogP contribution >= 0.6 is 11.3 Å². The molecule has 0 N–H and O–H groups in total. The van der Waals surface area contributed by atoms with Crippen LogP contribution in [0.1, 0.15) is 29.1 Å². The van der Waals surface area contributed by atoms with Crippen molar-refractivity contribution in [1.82, 2.24) is 9.38 Å². The first kappa shape index (κ1) is 16.4. The molecule has 0 atom stereocenters. The zero-order valence-corrected chi connectivity index (χ0v) is 14.2. The summed E-state index contributed by atoms with van der Waals surface area (Å²) in [4.78, 5) is 29.6. The fourth-order valence-electron chi connectivity index (χ4n) is 2.53. The highest BCUT2D eigenvalue weighted by Crippen LogP contribution is 2.12. The maximum absolute atomic E-state index is 12.2. The molecule has 0 saturated carbocycles. The van der Waals surface area contributed by atoms with Crippen LogP contribution in [-0.4, -0.2) is 15.4 Å². The Morgan fingerprint density at radius 3 is 2.96 bits per heavy atom. The summed E-state index contributed by atoms with van der Waals surface area (Å²) in [6, 6.07) is 10.9. The van der Waals surface area contributed by atoms with Crippen molar-refractivity contribution >= 4 is 23.0 Å². The molecule has 0 fully saturated rings. The Morgan fingerprint density at radius 2 is 2.17 bits per heavy atom. The van der Waals surface area contributed by atoms with Crippen molar-refractivity contribution in [1.29, 1.82) is 0 Å². The predicted octanol–water partition coefficient (Wildman–Crippen LogP) is 3.13. The van der Waals surface area contributed by atoms with Crippen molar-refractivity contribution in [2.75, 3.05) is 0 Å². The van der Waals surface area contributed by atoms with Crippen LogP contribution in [0.5, 0.6) is 0 Å². The van der Waals surface area contributed by atoms with E-state index in [1.165, 1.54) is 15.3 Å². The number of carbonyl (C=O) groups excluding carboxylic acids is 1. The SMILES string of the molecule is Cc1cccc2nc(COC(=O)CCCc3cccs3)cc(=O)n12. The Hall–Kier alpha value is -2.47. The van der Waals surface area contributed by atoms with Crippen molar-refractivity contribution in [2.24, 2.45) is 0 Å². The van der Waals surface area contributed by atoms with E-state index < -0.39 is 0 Å². The molecule has 5 nitrogen and oxygen atoms in total. The van der Waals surface area contributed by atoms with Crippen LogP contribution in [0, 0.1) is 6.92 Å². The van der Waals surface area contributed by atoms with E-state index in [1.54, 1.807) is 17.4 Å². The fourth-order valence-corrected chi connectivity index (χ4v) is 3.28. The van der Waals surface area contributed by atoms with Gasteiger partial charge < -0.3 is 4.74 Å². The summed E-state index contributed by atoms with van der Waals surface area (Å²) in [7, 11) is 0. The Balaban J connectivity index is 1.57. The van der Waals surface area contributed by atoms with Crippen LogP contribution in [0.3, 0.4) is 0 Å². The standard InChI is InChI=1S/C18H18N2O3S/c1-13-5-2-8-16-19-14(11-17(21)20(13)16)12-23-18(22)9-3-6-15-7-4-10-24-15/h2,4-5,7-8,10-11H,3,6,9,12H2,1H3. The molecule has 0 radical (unpaired) electrons. The molecule has 3 rings (SSSR count). The third kappa shape index (κ3) is 3.89. The molecule has 0 amide bonds. The zero-order valence-electron chi connectivity index (χ0n) is 13.4. The monoisotopic (exact) mass is 342 g/mol. The predicted molar refractivity (Wildman–Crippen MR) is 93.3 cm³/mol. The molecule has 0 spiro atoms. The van der Waals surface area contributed by atoms with Gasteiger partial charge in [0, 0.05) is 23.1 Å². The number of hydrogen-bond donors (Lipinski definition) is 0. The molecular formula is C18H18N2O3S. The van der Waals surface area contributed by atoms with Gasteiger partial charge in [-0.05, 0) is 43.3 Å². The Bertz CT molecular complexity index is 900. The van der Waals surface area contributed by atoms with Gasteiger partial charge in [0.1, 0.15) is 12.3 Å². The summed E-state index contributed by atoms with van der Waals surface area (Å²) >= 11 is 1.69. The van der Waals surface area contributed by atoms with E-state index in [2.05, 4.69) is 11.1 Å². The number of hydrogen-bond acceptors (Lipinski definition) is 5. The number of carbonyl (C=O) groups is 1. The third-order valence-corrected chi connectivity index (χ3v) is 4.63. The summed E-state index contributed by atoms with van der Waals surface area (Å²) < 4.78 is 6.77. The minimum atomic E-state index is -0.266. The molecule has 3 heterocycles.